The van der Waals surface area contributed by atoms with E-state index in [1.54, 1.807) is 0 Å². The standard InChI is InChI=1S/C21H32N2O/c1-21(2,13-15-7-4-3-5-8-15)14-23-20(24)18-11-16-9-6-10-17(12-18)19(16)22/h3-5,7-8,16-19H,6,9-14,22H2,1-2H3,(H,23,24). The summed E-state index contributed by atoms with van der Waals surface area (Å²) >= 11 is 0. The summed E-state index contributed by atoms with van der Waals surface area (Å²) in [6, 6.07) is 10.9. The average molecular weight is 328 g/mol. The van der Waals surface area contributed by atoms with Gasteiger partial charge in [0.1, 0.15) is 0 Å². The molecule has 0 spiro atoms. The molecule has 0 heterocycles. The molecule has 3 N–H and O–H groups in total. The Bertz CT molecular complexity index is 540. The molecule has 1 aromatic rings. The number of benzene rings is 1. The average Bonchev–Trinajstić information content (AvgIpc) is 2.53. The van der Waals surface area contributed by atoms with E-state index in [0.717, 1.165) is 25.8 Å². The minimum absolute atomic E-state index is 0.0674. The van der Waals surface area contributed by atoms with Gasteiger partial charge in [-0.3, -0.25) is 4.79 Å². The summed E-state index contributed by atoms with van der Waals surface area (Å²) in [6.07, 6.45) is 6.67. The number of amides is 1. The van der Waals surface area contributed by atoms with Gasteiger partial charge < -0.3 is 11.1 Å². The summed E-state index contributed by atoms with van der Waals surface area (Å²) in [4.78, 5) is 12.7. The fourth-order valence-electron chi connectivity index (χ4n) is 4.68. The summed E-state index contributed by atoms with van der Waals surface area (Å²) in [6.45, 7) is 5.19. The molecule has 2 aliphatic rings. The van der Waals surface area contributed by atoms with E-state index >= 15 is 0 Å². The Labute approximate surface area is 146 Å². The van der Waals surface area contributed by atoms with Gasteiger partial charge in [-0.2, -0.15) is 0 Å². The highest BCUT2D eigenvalue weighted by molar-refractivity contribution is 5.78. The van der Waals surface area contributed by atoms with Crippen molar-refractivity contribution in [2.24, 2.45) is 28.9 Å². The van der Waals surface area contributed by atoms with E-state index in [9.17, 15) is 4.79 Å². The van der Waals surface area contributed by atoms with Gasteiger partial charge in [-0.15, -0.1) is 0 Å². The maximum Gasteiger partial charge on any atom is 0.223 e. The highest BCUT2D eigenvalue weighted by Crippen LogP contribution is 2.41. The molecule has 132 valence electrons. The van der Waals surface area contributed by atoms with Crippen LogP contribution in [0.3, 0.4) is 0 Å². The van der Waals surface area contributed by atoms with E-state index in [1.807, 2.05) is 6.07 Å². The molecule has 2 fully saturated rings. The van der Waals surface area contributed by atoms with Crippen LogP contribution < -0.4 is 11.1 Å². The van der Waals surface area contributed by atoms with Crippen molar-refractivity contribution in [1.82, 2.24) is 5.32 Å². The molecule has 1 aromatic carbocycles. The number of carbonyl (C=O) groups excluding carboxylic acids is 1. The van der Waals surface area contributed by atoms with Crippen LogP contribution in [0.15, 0.2) is 30.3 Å². The summed E-state index contributed by atoms with van der Waals surface area (Å²) in [5, 5.41) is 3.24. The van der Waals surface area contributed by atoms with Crippen LogP contribution in [0.5, 0.6) is 0 Å². The minimum Gasteiger partial charge on any atom is -0.355 e. The monoisotopic (exact) mass is 328 g/mol. The van der Waals surface area contributed by atoms with Crippen LogP contribution in [-0.2, 0) is 11.2 Å². The van der Waals surface area contributed by atoms with Crippen LogP contribution in [0.1, 0.15) is 51.5 Å². The fraction of sp³-hybridized carbons (Fsp3) is 0.667. The molecule has 2 bridgehead atoms. The van der Waals surface area contributed by atoms with E-state index in [4.69, 9.17) is 5.73 Å². The zero-order valence-electron chi connectivity index (χ0n) is 15.1. The maximum atomic E-state index is 12.7. The van der Waals surface area contributed by atoms with Crippen LogP contribution in [-0.4, -0.2) is 18.5 Å². The number of nitrogens with two attached hydrogens (primary N) is 1. The third-order valence-corrected chi connectivity index (χ3v) is 6.05. The molecule has 1 amide bonds. The predicted octanol–water partition coefficient (Wildman–Crippen LogP) is 3.53. The van der Waals surface area contributed by atoms with Crippen LogP contribution >= 0.6 is 0 Å². The molecule has 0 radical (unpaired) electrons. The topological polar surface area (TPSA) is 55.1 Å². The molecule has 0 saturated heterocycles. The second-order valence-corrected chi connectivity index (χ2v) is 8.74. The lowest BCUT2D eigenvalue weighted by Gasteiger charge is -2.43. The normalized spacial score (nSPS) is 30.0. The van der Waals surface area contributed by atoms with Gasteiger partial charge in [0.25, 0.3) is 0 Å². The van der Waals surface area contributed by atoms with E-state index in [1.165, 1.54) is 24.8 Å². The first-order chi connectivity index (χ1) is 11.4. The third kappa shape index (κ3) is 4.18. The second-order valence-electron chi connectivity index (χ2n) is 8.74. The molecule has 3 nitrogen and oxygen atoms in total. The number of nitrogens with one attached hydrogen (secondary N) is 1. The first kappa shape index (κ1) is 17.5. The molecular weight excluding hydrogens is 296 g/mol. The maximum absolute atomic E-state index is 12.7. The molecule has 24 heavy (non-hydrogen) atoms. The fourth-order valence-corrected chi connectivity index (χ4v) is 4.68. The van der Waals surface area contributed by atoms with Crippen molar-refractivity contribution in [3.05, 3.63) is 35.9 Å². The SMILES string of the molecule is CC(C)(CNC(=O)C1CC2CCCC(C1)C2N)Cc1ccccc1. The molecule has 2 aliphatic carbocycles. The van der Waals surface area contributed by atoms with Crippen molar-refractivity contribution in [3.63, 3.8) is 0 Å². The Morgan fingerprint density at radius 2 is 1.79 bits per heavy atom. The van der Waals surface area contributed by atoms with E-state index in [2.05, 4.69) is 43.4 Å². The Kier molecular flexibility index (Phi) is 5.29. The highest BCUT2D eigenvalue weighted by atomic mass is 16.1. The number of hydrogen-bond donors (Lipinski definition) is 2. The van der Waals surface area contributed by atoms with Gasteiger partial charge in [0.05, 0.1) is 0 Å². The zero-order valence-corrected chi connectivity index (χ0v) is 15.1. The Morgan fingerprint density at radius 3 is 2.42 bits per heavy atom. The molecular formula is C21H32N2O. The second kappa shape index (κ2) is 7.26. The lowest BCUT2D eigenvalue weighted by molar-refractivity contribution is -0.128. The molecule has 3 rings (SSSR count). The number of hydrogen-bond acceptors (Lipinski definition) is 2. The van der Waals surface area contributed by atoms with Gasteiger partial charge >= 0.3 is 0 Å². The van der Waals surface area contributed by atoms with Crippen molar-refractivity contribution in [2.75, 3.05) is 6.54 Å². The van der Waals surface area contributed by atoms with E-state index < -0.39 is 0 Å². The first-order valence-corrected chi connectivity index (χ1v) is 9.52. The molecule has 2 unspecified atom stereocenters. The first-order valence-electron chi connectivity index (χ1n) is 9.52. The van der Waals surface area contributed by atoms with Crippen molar-refractivity contribution >= 4 is 5.91 Å². The summed E-state index contributed by atoms with van der Waals surface area (Å²) in [7, 11) is 0. The van der Waals surface area contributed by atoms with Gasteiger partial charge in [0.15, 0.2) is 0 Å². The van der Waals surface area contributed by atoms with Gasteiger partial charge in [0, 0.05) is 18.5 Å². The highest BCUT2D eigenvalue weighted by Gasteiger charge is 2.40. The van der Waals surface area contributed by atoms with Gasteiger partial charge in [-0.05, 0) is 54.9 Å². The van der Waals surface area contributed by atoms with Crippen LogP contribution in [0.4, 0.5) is 0 Å². The van der Waals surface area contributed by atoms with E-state index in [-0.39, 0.29) is 17.2 Å². The number of fused-ring (bicyclic) bond motifs is 2. The van der Waals surface area contributed by atoms with Crippen LogP contribution in [0.25, 0.3) is 0 Å². The minimum atomic E-state index is 0.0674. The number of rotatable bonds is 5. The zero-order chi connectivity index (χ0) is 17.2. The lowest BCUT2D eigenvalue weighted by atomic mass is 9.65. The molecule has 2 saturated carbocycles. The van der Waals surface area contributed by atoms with Crippen molar-refractivity contribution in [3.8, 4) is 0 Å². The Balaban J connectivity index is 1.51. The molecule has 0 aromatic heterocycles. The molecule has 0 aliphatic heterocycles. The Morgan fingerprint density at radius 1 is 1.17 bits per heavy atom. The van der Waals surface area contributed by atoms with Crippen molar-refractivity contribution < 1.29 is 4.79 Å². The third-order valence-electron chi connectivity index (χ3n) is 6.05. The quantitative estimate of drug-likeness (QED) is 0.869. The number of carbonyl (C=O) groups is 1. The Hall–Kier alpha value is -1.35. The van der Waals surface area contributed by atoms with E-state index in [0.29, 0.717) is 17.9 Å². The molecule has 3 heteroatoms. The van der Waals surface area contributed by atoms with Gasteiger partial charge in [-0.25, -0.2) is 0 Å². The predicted molar refractivity (Wildman–Crippen MR) is 98.5 cm³/mol. The van der Waals surface area contributed by atoms with Crippen molar-refractivity contribution in [2.45, 2.75) is 58.4 Å². The summed E-state index contributed by atoms with van der Waals surface area (Å²) in [5.41, 5.74) is 7.74. The van der Waals surface area contributed by atoms with Crippen LogP contribution in [0.2, 0.25) is 0 Å². The lowest BCUT2D eigenvalue weighted by Crippen LogP contribution is -2.49. The van der Waals surface area contributed by atoms with Crippen molar-refractivity contribution in [1.29, 1.82) is 0 Å². The van der Waals surface area contributed by atoms with Crippen LogP contribution in [0, 0.1) is 23.2 Å². The van der Waals surface area contributed by atoms with Gasteiger partial charge in [0.2, 0.25) is 5.91 Å². The summed E-state index contributed by atoms with van der Waals surface area (Å²) < 4.78 is 0. The molecule has 2 atom stereocenters. The van der Waals surface area contributed by atoms with Gasteiger partial charge in [-0.1, -0.05) is 50.6 Å². The largest absolute Gasteiger partial charge is 0.355 e. The smallest absolute Gasteiger partial charge is 0.223 e. The summed E-state index contributed by atoms with van der Waals surface area (Å²) in [5.74, 6) is 1.55.